The highest BCUT2D eigenvalue weighted by atomic mass is 16.5. The summed E-state index contributed by atoms with van der Waals surface area (Å²) in [6, 6.07) is 0. The van der Waals surface area contributed by atoms with E-state index < -0.39 is 0 Å². The zero-order valence-electron chi connectivity index (χ0n) is 10.6. The van der Waals surface area contributed by atoms with Crippen LogP contribution in [0.15, 0.2) is 0 Å². The molecule has 0 aromatic carbocycles. The molecule has 5 nitrogen and oxygen atoms in total. The van der Waals surface area contributed by atoms with Gasteiger partial charge in [-0.3, -0.25) is 4.79 Å². The van der Waals surface area contributed by atoms with Crippen LogP contribution in [0.5, 0.6) is 0 Å². The van der Waals surface area contributed by atoms with Crippen LogP contribution in [0.25, 0.3) is 0 Å². The maximum absolute atomic E-state index is 12.0. The molecular formula is C12H19N3O2. The summed E-state index contributed by atoms with van der Waals surface area (Å²) < 4.78 is 7.20. The zero-order valence-corrected chi connectivity index (χ0v) is 10.6. The minimum absolute atomic E-state index is 0.169. The Bertz CT molecular complexity index is 412. The first-order valence-corrected chi connectivity index (χ1v) is 6.23. The molecule has 1 aromatic rings. The Hall–Kier alpha value is -1.39. The van der Waals surface area contributed by atoms with Crippen molar-refractivity contribution in [1.82, 2.24) is 14.8 Å². The Balaban J connectivity index is 2.29. The van der Waals surface area contributed by atoms with Gasteiger partial charge in [-0.15, -0.1) is 10.2 Å². The first-order valence-electron chi connectivity index (χ1n) is 6.23. The lowest BCUT2D eigenvalue weighted by Crippen LogP contribution is -2.24. The molecule has 17 heavy (non-hydrogen) atoms. The molecule has 5 heteroatoms. The van der Waals surface area contributed by atoms with Crippen LogP contribution in [-0.4, -0.2) is 27.3 Å². The second-order valence-corrected chi connectivity index (χ2v) is 4.70. The quantitative estimate of drug-likeness (QED) is 0.745. The van der Waals surface area contributed by atoms with E-state index >= 15 is 0 Å². The molecule has 0 spiro atoms. The molecule has 1 aliphatic heterocycles. The summed E-state index contributed by atoms with van der Waals surface area (Å²) in [6.45, 7) is 7.17. The number of fused-ring (bicyclic) bond motifs is 1. The van der Waals surface area contributed by atoms with Crippen molar-refractivity contribution in [2.24, 2.45) is 5.92 Å². The van der Waals surface area contributed by atoms with Gasteiger partial charge in [-0.1, -0.05) is 13.8 Å². The van der Waals surface area contributed by atoms with E-state index in [0.29, 0.717) is 6.61 Å². The summed E-state index contributed by atoms with van der Waals surface area (Å²) in [7, 11) is 0. The zero-order chi connectivity index (χ0) is 12.4. The maximum atomic E-state index is 12.0. The van der Waals surface area contributed by atoms with Gasteiger partial charge in [0.05, 0.1) is 6.61 Å². The van der Waals surface area contributed by atoms with Gasteiger partial charge in [0, 0.05) is 13.0 Å². The second kappa shape index (κ2) is 4.85. The number of hydrogen-bond acceptors (Lipinski definition) is 4. The number of carbonyl (C=O) groups is 1. The number of aromatic nitrogens is 3. The summed E-state index contributed by atoms with van der Waals surface area (Å²) in [5.74, 6) is 1.45. The molecule has 0 N–H and O–H groups in total. The monoisotopic (exact) mass is 237 g/mol. The van der Waals surface area contributed by atoms with Crippen molar-refractivity contribution in [3.8, 4) is 0 Å². The van der Waals surface area contributed by atoms with E-state index in [1.54, 1.807) is 0 Å². The van der Waals surface area contributed by atoms with Crippen LogP contribution in [0, 0.1) is 5.92 Å². The number of ether oxygens (including phenoxy) is 1. The molecule has 0 amide bonds. The highest BCUT2D eigenvalue weighted by Gasteiger charge is 2.32. The van der Waals surface area contributed by atoms with Crippen LogP contribution in [0.2, 0.25) is 0 Å². The van der Waals surface area contributed by atoms with Crippen LogP contribution in [0.4, 0.5) is 0 Å². The Morgan fingerprint density at radius 3 is 2.88 bits per heavy atom. The lowest BCUT2D eigenvalue weighted by molar-refractivity contribution is -0.146. The smallest absolute Gasteiger partial charge is 0.316 e. The van der Waals surface area contributed by atoms with Gasteiger partial charge < -0.3 is 9.30 Å². The first kappa shape index (κ1) is 12.1. The SMILES string of the molecule is CCOC(=O)C(c1nnc2n1CCC2)C(C)C. The van der Waals surface area contributed by atoms with Crippen molar-refractivity contribution in [2.45, 2.75) is 46.1 Å². The largest absolute Gasteiger partial charge is 0.465 e. The van der Waals surface area contributed by atoms with E-state index in [0.717, 1.165) is 31.0 Å². The van der Waals surface area contributed by atoms with E-state index in [2.05, 4.69) is 14.8 Å². The van der Waals surface area contributed by atoms with Crippen molar-refractivity contribution >= 4 is 5.97 Å². The first-order chi connectivity index (χ1) is 8.15. The van der Waals surface area contributed by atoms with Crippen molar-refractivity contribution in [2.75, 3.05) is 6.61 Å². The minimum Gasteiger partial charge on any atom is -0.465 e. The molecule has 0 aliphatic carbocycles. The summed E-state index contributed by atoms with van der Waals surface area (Å²) >= 11 is 0. The third kappa shape index (κ3) is 2.18. The normalized spacial score (nSPS) is 16.0. The standard InChI is InChI=1S/C12H19N3O2/c1-4-17-12(16)10(8(2)3)11-14-13-9-6-5-7-15(9)11/h8,10H,4-7H2,1-3H3. The van der Waals surface area contributed by atoms with Gasteiger partial charge in [0.25, 0.3) is 0 Å². The van der Waals surface area contributed by atoms with Crippen molar-refractivity contribution in [3.05, 3.63) is 11.6 Å². The van der Waals surface area contributed by atoms with Crippen molar-refractivity contribution in [3.63, 3.8) is 0 Å². The molecule has 1 aromatic heterocycles. The van der Waals surface area contributed by atoms with Gasteiger partial charge in [-0.05, 0) is 19.3 Å². The average molecular weight is 237 g/mol. The van der Waals surface area contributed by atoms with Gasteiger partial charge in [-0.2, -0.15) is 0 Å². The topological polar surface area (TPSA) is 57.0 Å². The molecule has 0 bridgehead atoms. The van der Waals surface area contributed by atoms with E-state index in [1.165, 1.54) is 0 Å². The van der Waals surface area contributed by atoms with Crippen LogP contribution >= 0.6 is 0 Å². The maximum Gasteiger partial charge on any atom is 0.316 e. The summed E-state index contributed by atoms with van der Waals surface area (Å²) in [5.41, 5.74) is 0. The third-order valence-electron chi connectivity index (χ3n) is 3.12. The fraction of sp³-hybridized carbons (Fsp3) is 0.750. The fourth-order valence-corrected chi connectivity index (χ4v) is 2.31. The molecule has 2 heterocycles. The predicted octanol–water partition coefficient (Wildman–Crippen LogP) is 1.53. The molecule has 1 atom stereocenters. The molecule has 0 radical (unpaired) electrons. The minimum atomic E-state index is -0.297. The van der Waals surface area contributed by atoms with Gasteiger partial charge in [-0.25, -0.2) is 0 Å². The molecule has 0 saturated carbocycles. The molecule has 2 rings (SSSR count). The Morgan fingerprint density at radius 1 is 1.47 bits per heavy atom. The van der Waals surface area contributed by atoms with Crippen molar-refractivity contribution < 1.29 is 9.53 Å². The van der Waals surface area contributed by atoms with Crippen LogP contribution < -0.4 is 0 Å². The molecular weight excluding hydrogens is 218 g/mol. The van der Waals surface area contributed by atoms with Crippen LogP contribution in [0.1, 0.15) is 44.8 Å². The highest BCUT2D eigenvalue weighted by molar-refractivity contribution is 5.77. The second-order valence-electron chi connectivity index (χ2n) is 4.70. The van der Waals surface area contributed by atoms with Gasteiger partial charge >= 0.3 is 5.97 Å². The highest BCUT2D eigenvalue weighted by Crippen LogP contribution is 2.27. The summed E-state index contributed by atoms with van der Waals surface area (Å²) in [6.07, 6.45) is 2.05. The Morgan fingerprint density at radius 2 is 2.24 bits per heavy atom. The molecule has 1 unspecified atom stereocenters. The lowest BCUT2D eigenvalue weighted by Gasteiger charge is -2.18. The van der Waals surface area contributed by atoms with E-state index in [4.69, 9.17) is 4.74 Å². The molecule has 0 fully saturated rings. The predicted molar refractivity (Wildman–Crippen MR) is 62.6 cm³/mol. The Kier molecular flexibility index (Phi) is 3.45. The number of esters is 1. The number of rotatable bonds is 4. The van der Waals surface area contributed by atoms with E-state index in [-0.39, 0.29) is 17.8 Å². The molecule has 0 saturated heterocycles. The average Bonchev–Trinajstić information content (AvgIpc) is 2.82. The third-order valence-corrected chi connectivity index (χ3v) is 3.12. The lowest BCUT2D eigenvalue weighted by atomic mass is 9.95. The van der Waals surface area contributed by atoms with E-state index in [9.17, 15) is 4.79 Å². The molecule has 1 aliphatic rings. The number of carbonyl (C=O) groups excluding carboxylic acids is 1. The van der Waals surface area contributed by atoms with Gasteiger partial charge in [0.2, 0.25) is 0 Å². The van der Waals surface area contributed by atoms with Gasteiger partial charge in [0.1, 0.15) is 17.6 Å². The van der Waals surface area contributed by atoms with Crippen LogP contribution in [0.3, 0.4) is 0 Å². The fourth-order valence-electron chi connectivity index (χ4n) is 2.31. The van der Waals surface area contributed by atoms with Crippen molar-refractivity contribution in [1.29, 1.82) is 0 Å². The number of aryl methyl sites for hydroxylation is 1. The number of nitrogens with zero attached hydrogens (tertiary/aromatic N) is 3. The number of hydrogen-bond donors (Lipinski definition) is 0. The Labute approximate surface area is 101 Å². The molecule has 94 valence electrons. The van der Waals surface area contributed by atoms with Gasteiger partial charge in [0.15, 0.2) is 0 Å². The van der Waals surface area contributed by atoms with E-state index in [1.807, 2.05) is 20.8 Å². The summed E-state index contributed by atoms with van der Waals surface area (Å²) in [4.78, 5) is 12.0. The summed E-state index contributed by atoms with van der Waals surface area (Å²) in [5, 5.41) is 8.32. The van der Waals surface area contributed by atoms with Crippen LogP contribution in [-0.2, 0) is 22.5 Å².